The van der Waals surface area contributed by atoms with E-state index in [4.69, 9.17) is 0 Å². The number of benzene rings is 3. The highest BCUT2D eigenvalue weighted by Crippen LogP contribution is 2.37. The minimum Gasteiger partial charge on any atom is -0.324 e. The lowest BCUT2D eigenvalue weighted by molar-refractivity contribution is -0.139. The Hall–Kier alpha value is -3.90. The van der Waals surface area contributed by atoms with E-state index in [1.807, 2.05) is 5.32 Å². The van der Waals surface area contributed by atoms with Crippen molar-refractivity contribution in [3.05, 3.63) is 95.3 Å². The third kappa shape index (κ3) is 4.52. The number of ketones is 2. The molecule has 1 aliphatic rings. The van der Waals surface area contributed by atoms with E-state index < -0.39 is 68.2 Å². The van der Waals surface area contributed by atoms with Gasteiger partial charge in [-0.1, -0.05) is 48.5 Å². The molecule has 12 heteroatoms. The average Bonchev–Trinajstić information content (AvgIpc) is 2.82. The number of rotatable bonds is 5. The lowest BCUT2D eigenvalue weighted by Gasteiger charge is -2.33. The Kier molecular flexibility index (Phi) is 6.50. The molecule has 0 spiro atoms. The van der Waals surface area contributed by atoms with E-state index in [-0.39, 0.29) is 11.1 Å². The van der Waals surface area contributed by atoms with Gasteiger partial charge in [-0.15, -0.1) is 0 Å². The smallest absolute Gasteiger partial charge is 0.324 e. The molecule has 1 aliphatic heterocycles. The Morgan fingerprint density at radius 2 is 1.56 bits per heavy atom. The van der Waals surface area contributed by atoms with Gasteiger partial charge in [-0.3, -0.25) is 14.4 Å². The van der Waals surface area contributed by atoms with E-state index in [0.717, 1.165) is 18.2 Å². The highest BCUT2D eigenvalue weighted by molar-refractivity contribution is 7.89. The predicted octanol–water partition coefficient (Wildman–Crippen LogP) is 3.92. The lowest BCUT2D eigenvalue weighted by Crippen LogP contribution is -2.55. The number of Topliss-reactive ketones (excluding diaryl/α,β-unsaturated/α-hetero) is 2. The molecule has 0 aromatic heterocycles. The van der Waals surface area contributed by atoms with Crippen molar-refractivity contribution in [2.45, 2.75) is 17.1 Å². The molecule has 1 unspecified atom stereocenters. The van der Waals surface area contributed by atoms with Crippen molar-refractivity contribution < 1.29 is 40.4 Å². The first-order chi connectivity index (χ1) is 16.9. The summed E-state index contributed by atoms with van der Waals surface area (Å²) in [6.45, 7) is -1.18. The van der Waals surface area contributed by atoms with E-state index in [0.29, 0.717) is 10.4 Å². The number of hydrogen-bond acceptors (Lipinski definition) is 5. The van der Waals surface area contributed by atoms with Crippen molar-refractivity contribution >= 4 is 33.2 Å². The number of carbonyl (C=O) groups is 3. The topological polar surface area (TPSA) is 101 Å². The second kappa shape index (κ2) is 9.28. The fraction of sp³-hybridized carbons (Fsp3) is 0.125. The number of alkyl halides is 3. The molecule has 0 saturated carbocycles. The van der Waals surface area contributed by atoms with Crippen LogP contribution >= 0.6 is 0 Å². The number of halogens is 4. The molecule has 3 aromatic carbocycles. The molecule has 1 amide bonds. The molecule has 0 fully saturated rings. The zero-order valence-electron chi connectivity index (χ0n) is 18.1. The summed E-state index contributed by atoms with van der Waals surface area (Å²) in [5.41, 5.74) is -2.97. The van der Waals surface area contributed by atoms with Crippen LogP contribution in [0.15, 0.2) is 77.7 Å². The Bertz CT molecular complexity index is 1470. The molecule has 4 rings (SSSR count). The summed E-state index contributed by atoms with van der Waals surface area (Å²) >= 11 is 0. The fourth-order valence-electron chi connectivity index (χ4n) is 3.87. The van der Waals surface area contributed by atoms with Gasteiger partial charge >= 0.3 is 6.18 Å². The van der Waals surface area contributed by atoms with Gasteiger partial charge in [-0.05, 0) is 24.3 Å². The maximum atomic E-state index is 13.9. The third-order valence-electron chi connectivity index (χ3n) is 5.45. The molecule has 0 radical (unpaired) electrons. The minimum atomic E-state index is -5.16. The Morgan fingerprint density at radius 1 is 0.917 bits per heavy atom. The summed E-state index contributed by atoms with van der Waals surface area (Å²) in [4.78, 5) is 38.8. The van der Waals surface area contributed by atoms with Crippen LogP contribution in [0.1, 0.15) is 26.3 Å². The predicted molar refractivity (Wildman–Crippen MR) is 119 cm³/mol. The van der Waals surface area contributed by atoms with Crippen LogP contribution in [0.4, 0.5) is 23.2 Å². The third-order valence-corrected chi connectivity index (χ3v) is 7.32. The van der Waals surface area contributed by atoms with Crippen molar-refractivity contribution in [2.75, 3.05) is 11.9 Å². The van der Waals surface area contributed by atoms with E-state index in [1.165, 1.54) is 42.5 Å². The van der Waals surface area contributed by atoms with Crippen LogP contribution in [0, 0.1) is 5.82 Å². The van der Waals surface area contributed by atoms with Gasteiger partial charge in [-0.25, -0.2) is 12.8 Å². The molecule has 0 saturated heterocycles. The first-order valence-electron chi connectivity index (χ1n) is 10.3. The van der Waals surface area contributed by atoms with E-state index in [9.17, 15) is 40.4 Å². The largest absolute Gasteiger partial charge is 0.421 e. The highest BCUT2D eigenvalue weighted by Gasteiger charge is 2.48. The number of amides is 1. The van der Waals surface area contributed by atoms with Crippen molar-refractivity contribution in [1.82, 2.24) is 4.31 Å². The minimum absolute atomic E-state index is 0.0136. The molecule has 7 nitrogen and oxygen atoms in total. The quantitative estimate of drug-likeness (QED) is 0.312. The van der Waals surface area contributed by atoms with Gasteiger partial charge < -0.3 is 5.32 Å². The lowest BCUT2D eigenvalue weighted by atomic mass is 9.96. The molecule has 3 aromatic rings. The van der Waals surface area contributed by atoms with Crippen LogP contribution in [-0.4, -0.2) is 42.8 Å². The van der Waals surface area contributed by atoms with Crippen molar-refractivity contribution in [1.29, 1.82) is 0 Å². The fourth-order valence-corrected chi connectivity index (χ4v) is 5.58. The molecular weight excluding hydrogens is 504 g/mol. The summed E-state index contributed by atoms with van der Waals surface area (Å²) in [6, 6.07) is 12.6. The van der Waals surface area contributed by atoms with Gasteiger partial charge in [0.15, 0.2) is 17.6 Å². The molecular formula is C24H16F4N2O5S. The van der Waals surface area contributed by atoms with Gasteiger partial charge in [0.25, 0.3) is 0 Å². The van der Waals surface area contributed by atoms with E-state index >= 15 is 0 Å². The molecule has 0 aliphatic carbocycles. The molecule has 1 atom stereocenters. The standard InChI is InChI=1S/C24H16F4N2O5S/c25-16-10-6-11-17(20(16)24(26,27)28)29-19(31)13-30-21(22(32)14-7-2-1-3-8-14)23(33)15-9-4-5-12-18(15)36(30,34)35/h1-12,21H,13H2,(H,29,31). The maximum Gasteiger partial charge on any atom is 0.421 e. The van der Waals surface area contributed by atoms with Crippen LogP contribution < -0.4 is 5.32 Å². The maximum absolute atomic E-state index is 13.9. The molecule has 1 heterocycles. The van der Waals surface area contributed by atoms with Crippen molar-refractivity contribution in [2.24, 2.45) is 0 Å². The number of anilines is 1. The second-order valence-electron chi connectivity index (χ2n) is 7.75. The first-order valence-corrected chi connectivity index (χ1v) is 11.8. The molecule has 186 valence electrons. The highest BCUT2D eigenvalue weighted by atomic mass is 32.2. The summed E-state index contributed by atoms with van der Waals surface area (Å²) < 4.78 is 80.9. The molecule has 0 bridgehead atoms. The summed E-state index contributed by atoms with van der Waals surface area (Å²) in [6.07, 6.45) is -5.16. The normalized spacial score (nSPS) is 17.3. The number of fused-ring (bicyclic) bond motifs is 1. The van der Waals surface area contributed by atoms with Gasteiger partial charge in [0, 0.05) is 11.1 Å². The van der Waals surface area contributed by atoms with Gasteiger partial charge in [-0.2, -0.15) is 17.5 Å². The van der Waals surface area contributed by atoms with Crippen LogP contribution in [0.2, 0.25) is 0 Å². The van der Waals surface area contributed by atoms with Crippen LogP contribution in [-0.2, 0) is 21.0 Å². The Labute approximate surface area is 202 Å². The number of nitrogens with zero attached hydrogens (tertiary/aromatic N) is 1. The SMILES string of the molecule is O=C(CN1C(C(=O)c2ccccc2)C(=O)c2ccccc2S1(=O)=O)Nc1cccc(F)c1C(F)(F)F. The van der Waals surface area contributed by atoms with Crippen LogP contribution in [0.3, 0.4) is 0 Å². The summed E-state index contributed by atoms with van der Waals surface area (Å²) in [5, 5.41) is 1.85. The van der Waals surface area contributed by atoms with Gasteiger partial charge in [0.2, 0.25) is 15.9 Å². The number of hydrogen-bond donors (Lipinski definition) is 1. The summed E-state index contributed by atoms with van der Waals surface area (Å²) in [5.74, 6) is -4.78. The average molecular weight is 520 g/mol. The van der Waals surface area contributed by atoms with Gasteiger partial charge in [0.05, 0.1) is 17.1 Å². The molecule has 1 N–H and O–H groups in total. The van der Waals surface area contributed by atoms with E-state index in [2.05, 4.69) is 0 Å². The number of sulfonamides is 1. The van der Waals surface area contributed by atoms with Crippen LogP contribution in [0.5, 0.6) is 0 Å². The number of nitrogens with one attached hydrogen (secondary N) is 1. The van der Waals surface area contributed by atoms with Crippen LogP contribution in [0.25, 0.3) is 0 Å². The van der Waals surface area contributed by atoms with Crippen molar-refractivity contribution in [3.63, 3.8) is 0 Å². The van der Waals surface area contributed by atoms with Gasteiger partial charge in [0.1, 0.15) is 11.4 Å². The van der Waals surface area contributed by atoms with Crippen molar-refractivity contribution in [3.8, 4) is 0 Å². The molecule has 36 heavy (non-hydrogen) atoms. The Balaban J connectivity index is 1.75. The zero-order chi connectivity index (χ0) is 26.3. The Morgan fingerprint density at radius 3 is 2.22 bits per heavy atom. The summed E-state index contributed by atoms with van der Waals surface area (Å²) in [7, 11) is -4.62. The zero-order valence-corrected chi connectivity index (χ0v) is 18.9. The monoisotopic (exact) mass is 520 g/mol. The first kappa shape index (κ1) is 25.2. The second-order valence-corrected chi connectivity index (χ2v) is 9.61. The van der Waals surface area contributed by atoms with E-state index in [1.54, 1.807) is 6.07 Å². The number of carbonyl (C=O) groups excluding carboxylic acids is 3.